The van der Waals surface area contributed by atoms with Crippen LogP contribution in [0.2, 0.25) is 5.02 Å². The average Bonchev–Trinajstić information content (AvgIpc) is 2.99. The SMILES string of the molecule is CC1CN(c2cccc(Cl)c2)C(=O)CN1Cc1nc(C(N)=O)no1. The Kier molecular flexibility index (Phi) is 4.50. The van der Waals surface area contributed by atoms with Gasteiger partial charge in [-0.2, -0.15) is 4.98 Å². The molecule has 1 fully saturated rings. The van der Waals surface area contributed by atoms with Gasteiger partial charge in [0.2, 0.25) is 11.8 Å². The molecule has 2 N–H and O–H groups in total. The zero-order valence-corrected chi connectivity index (χ0v) is 13.7. The van der Waals surface area contributed by atoms with E-state index in [9.17, 15) is 9.59 Å². The number of halogens is 1. The van der Waals surface area contributed by atoms with Crippen LogP contribution in [-0.4, -0.2) is 46.0 Å². The molecule has 3 rings (SSSR count). The van der Waals surface area contributed by atoms with Gasteiger partial charge in [0.25, 0.3) is 11.7 Å². The van der Waals surface area contributed by atoms with E-state index < -0.39 is 5.91 Å². The molecule has 2 aromatic rings. The van der Waals surface area contributed by atoms with Gasteiger partial charge in [0.05, 0.1) is 13.1 Å². The molecule has 0 radical (unpaired) electrons. The highest BCUT2D eigenvalue weighted by atomic mass is 35.5. The third-order valence-corrected chi connectivity index (χ3v) is 4.09. The summed E-state index contributed by atoms with van der Waals surface area (Å²) in [7, 11) is 0. The van der Waals surface area contributed by atoms with E-state index in [0.717, 1.165) is 5.69 Å². The van der Waals surface area contributed by atoms with Crippen LogP contribution in [0.5, 0.6) is 0 Å². The minimum Gasteiger partial charge on any atom is -0.363 e. The quantitative estimate of drug-likeness (QED) is 0.884. The summed E-state index contributed by atoms with van der Waals surface area (Å²) in [5.74, 6) is -0.717. The molecule has 1 aliphatic rings. The van der Waals surface area contributed by atoms with Gasteiger partial charge in [-0.05, 0) is 25.1 Å². The van der Waals surface area contributed by atoms with Crippen LogP contribution >= 0.6 is 11.6 Å². The molecule has 0 saturated carbocycles. The lowest BCUT2D eigenvalue weighted by molar-refractivity contribution is -0.122. The van der Waals surface area contributed by atoms with E-state index in [4.69, 9.17) is 21.9 Å². The van der Waals surface area contributed by atoms with Gasteiger partial charge in [-0.25, -0.2) is 0 Å². The summed E-state index contributed by atoms with van der Waals surface area (Å²) in [6.07, 6.45) is 0. The van der Waals surface area contributed by atoms with E-state index in [0.29, 0.717) is 11.6 Å². The van der Waals surface area contributed by atoms with Crippen molar-refractivity contribution in [1.29, 1.82) is 0 Å². The number of piperazine rings is 1. The second kappa shape index (κ2) is 6.58. The van der Waals surface area contributed by atoms with E-state index in [-0.39, 0.29) is 36.8 Å². The van der Waals surface area contributed by atoms with Gasteiger partial charge in [0.1, 0.15) is 0 Å². The molecule has 1 saturated heterocycles. The minimum absolute atomic E-state index is 0.0509. The van der Waals surface area contributed by atoms with Gasteiger partial charge in [0.15, 0.2) is 0 Å². The van der Waals surface area contributed by atoms with Gasteiger partial charge in [0, 0.05) is 23.3 Å². The summed E-state index contributed by atoms with van der Waals surface area (Å²) in [4.78, 5) is 31.0. The first kappa shape index (κ1) is 16.4. The minimum atomic E-state index is -0.750. The number of hydrogen-bond acceptors (Lipinski definition) is 6. The topological polar surface area (TPSA) is 106 Å². The number of anilines is 1. The number of hydrogen-bond donors (Lipinski definition) is 1. The lowest BCUT2D eigenvalue weighted by Gasteiger charge is -2.38. The Morgan fingerprint density at radius 3 is 2.96 bits per heavy atom. The Hall–Kier alpha value is -2.45. The maximum absolute atomic E-state index is 12.5. The molecule has 1 aromatic carbocycles. The number of aromatic nitrogens is 2. The molecule has 1 aliphatic heterocycles. The Bertz CT molecular complexity index is 778. The van der Waals surface area contributed by atoms with Crippen LogP contribution in [0.25, 0.3) is 0 Å². The van der Waals surface area contributed by atoms with Crippen molar-refractivity contribution in [1.82, 2.24) is 15.0 Å². The maximum atomic E-state index is 12.5. The van der Waals surface area contributed by atoms with Crippen LogP contribution in [0.4, 0.5) is 5.69 Å². The molecule has 1 atom stereocenters. The van der Waals surface area contributed by atoms with Crippen LogP contribution in [-0.2, 0) is 11.3 Å². The molecule has 9 heteroatoms. The van der Waals surface area contributed by atoms with E-state index in [2.05, 4.69) is 10.1 Å². The lowest BCUT2D eigenvalue weighted by atomic mass is 10.1. The van der Waals surface area contributed by atoms with Crippen LogP contribution in [0.3, 0.4) is 0 Å². The molecular weight excluding hydrogens is 334 g/mol. The van der Waals surface area contributed by atoms with Crippen LogP contribution < -0.4 is 10.6 Å². The number of amides is 2. The van der Waals surface area contributed by atoms with Gasteiger partial charge in [-0.1, -0.05) is 22.8 Å². The van der Waals surface area contributed by atoms with Crippen LogP contribution in [0.15, 0.2) is 28.8 Å². The predicted molar refractivity (Wildman–Crippen MR) is 86.5 cm³/mol. The Labute approximate surface area is 143 Å². The smallest absolute Gasteiger partial charge is 0.290 e. The standard InChI is InChI=1S/C15H16ClN5O3/c1-9-6-21(11-4-2-3-10(16)5-11)13(22)8-20(9)7-12-18-15(14(17)23)19-24-12/h2-5,9H,6-8H2,1H3,(H2,17,23). The Morgan fingerprint density at radius 2 is 2.29 bits per heavy atom. The number of rotatable bonds is 4. The lowest BCUT2D eigenvalue weighted by Crippen LogP contribution is -2.54. The van der Waals surface area contributed by atoms with E-state index in [1.807, 2.05) is 24.0 Å². The van der Waals surface area contributed by atoms with Crippen molar-refractivity contribution in [3.05, 3.63) is 41.0 Å². The van der Waals surface area contributed by atoms with Crippen molar-refractivity contribution in [2.24, 2.45) is 5.73 Å². The van der Waals surface area contributed by atoms with Crippen molar-refractivity contribution in [3.8, 4) is 0 Å². The van der Waals surface area contributed by atoms with Crippen molar-refractivity contribution < 1.29 is 14.1 Å². The average molecular weight is 350 g/mol. The van der Waals surface area contributed by atoms with Crippen molar-refractivity contribution in [2.45, 2.75) is 19.5 Å². The fraction of sp³-hybridized carbons (Fsp3) is 0.333. The number of carbonyl (C=O) groups is 2. The Morgan fingerprint density at radius 1 is 1.50 bits per heavy atom. The van der Waals surface area contributed by atoms with Crippen molar-refractivity contribution in [3.63, 3.8) is 0 Å². The van der Waals surface area contributed by atoms with Crippen LogP contribution in [0, 0.1) is 0 Å². The fourth-order valence-electron chi connectivity index (χ4n) is 2.59. The highest BCUT2D eigenvalue weighted by Crippen LogP contribution is 2.24. The van der Waals surface area contributed by atoms with Gasteiger partial charge < -0.3 is 15.2 Å². The molecule has 0 bridgehead atoms. The Balaban J connectivity index is 1.71. The summed E-state index contributed by atoms with van der Waals surface area (Å²) in [6, 6.07) is 7.25. The first-order valence-electron chi connectivity index (χ1n) is 7.36. The molecule has 2 heterocycles. The molecule has 0 spiro atoms. The predicted octanol–water partition coefficient (Wildman–Crippen LogP) is 1.06. The highest BCUT2D eigenvalue weighted by Gasteiger charge is 2.31. The number of nitrogens with zero attached hydrogens (tertiary/aromatic N) is 4. The summed E-state index contributed by atoms with van der Waals surface area (Å²) < 4.78 is 4.99. The summed E-state index contributed by atoms with van der Waals surface area (Å²) in [5.41, 5.74) is 5.87. The van der Waals surface area contributed by atoms with Gasteiger partial charge in [-0.15, -0.1) is 0 Å². The molecule has 8 nitrogen and oxygen atoms in total. The summed E-state index contributed by atoms with van der Waals surface area (Å²) in [6.45, 7) is 2.98. The molecular formula is C15H16ClN5O3. The second-order valence-electron chi connectivity index (χ2n) is 5.61. The zero-order chi connectivity index (χ0) is 17.3. The third-order valence-electron chi connectivity index (χ3n) is 3.86. The number of benzene rings is 1. The van der Waals surface area contributed by atoms with Gasteiger partial charge in [-0.3, -0.25) is 14.5 Å². The molecule has 1 unspecified atom stereocenters. The maximum Gasteiger partial charge on any atom is 0.290 e. The second-order valence-corrected chi connectivity index (χ2v) is 6.05. The highest BCUT2D eigenvalue weighted by molar-refractivity contribution is 6.30. The van der Waals surface area contributed by atoms with Crippen LogP contribution in [0.1, 0.15) is 23.4 Å². The number of carbonyl (C=O) groups excluding carboxylic acids is 2. The zero-order valence-electron chi connectivity index (χ0n) is 13.0. The molecule has 1 aromatic heterocycles. The summed E-state index contributed by atoms with van der Waals surface area (Å²) in [5, 5.41) is 4.08. The van der Waals surface area contributed by atoms with Crippen molar-refractivity contribution in [2.75, 3.05) is 18.0 Å². The number of primary amides is 1. The number of nitrogens with two attached hydrogens (primary N) is 1. The van der Waals surface area contributed by atoms with E-state index in [1.54, 1.807) is 17.0 Å². The normalized spacial score (nSPS) is 18.8. The molecule has 24 heavy (non-hydrogen) atoms. The first-order valence-corrected chi connectivity index (χ1v) is 7.74. The monoisotopic (exact) mass is 349 g/mol. The summed E-state index contributed by atoms with van der Waals surface area (Å²) >= 11 is 6.00. The van der Waals surface area contributed by atoms with Crippen molar-refractivity contribution >= 4 is 29.1 Å². The third kappa shape index (κ3) is 3.39. The van der Waals surface area contributed by atoms with E-state index in [1.165, 1.54) is 0 Å². The molecule has 126 valence electrons. The largest absolute Gasteiger partial charge is 0.363 e. The first-order chi connectivity index (χ1) is 11.4. The fourth-order valence-corrected chi connectivity index (χ4v) is 2.78. The molecule has 2 amide bonds. The molecule has 0 aliphatic carbocycles. The van der Waals surface area contributed by atoms with E-state index >= 15 is 0 Å². The van der Waals surface area contributed by atoms with Gasteiger partial charge >= 0.3 is 0 Å².